The van der Waals surface area contributed by atoms with Gasteiger partial charge in [0.2, 0.25) is 5.91 Å². The summed E-state index contributed by atoms with van der Waals surface area (Å²) in [6.45, 7) is 1.98. The van der Waals surface area contributed by atoms with E-state index in [4.69, 9.17) is 0 Å². The molecule has 4 saturated carbocycles. The highest BCUT2D eigenvalue weighted by atomic mass is 32.2. The summed E-state index contributed by atoms with van der Waals surface area (Å²) in [5.41, 5.74) is 0.817. The van der Waals surface area contributed by atoms with Crippen LogP contribution in [0.5, 0.6) is 0 Å². The maximum absolute atomic E-state index is 13.2. The SMILES string of the molecule is C[C@H](NC(=O)CN1c2cccc3cccc(c23)S1(=O)=O)C12CC3CC(CC(C3)C1)C2. The van der Waals surface area contributed by atoms with Gasteiger partial charge in [-0.1, -0.05) is 24.3 Å². The Morgan fingerprint density at radius 3 is 2.30 bits per heavy atom. The van der Waals surface area contributed by atoms with E-state index in [2.05, 4.69) is 12.2 Å². The van der Waals surface area contributed by atoms with Crippen molar-refractivity contribution in [3.8, 4) is 0 Å². The Morgan fingerprint density at radius 1 is 1.07 bits per heavy atom. The fourth-order valence-corrected chi connectivity index (χ4v) is 9.07. The van der Waals surface area contributed by atoms with Crippen LogP contribution in [0.3, 0.4) is 0 Å². The molecule has 0 saturated heterocycles. The highest BCUT2D eigenvalue weighted by Gasteiger charge is 2.53. The molecule has 0 aromatic heterocycles. The number of hydrogen-bond donors (Lipinski definition) is 1. The first-order valence-electron chi connectivity index (χ1n) is 11.2. The van der Waals surface area contributed by atoms with Crippen molar-refractivity contribution < 1.29 is 13.2 Å². The van der Waals surface area contributed by atoms with Gasteiger partial charge in [-0.25, -0.2) is 8.42 Å². The number of benzene rings is 2. The maximum atomic E-state index is 13.2. The van der Waals surface area contributed by atoms with Gasteiger partial charge in [0.1, 0.15) is 6.54 Å². The third-order valence-electron chi connectivity index (χ3n) is 8.35. The van der Waals surface area contributed by atoms with Crippen LogP contribution in [0.2, 0.25) is 0 Å². The first-order chi connectivity index (χ1) is 14.4. The van der Waals surface area contributed by atoms with Gasteiger partial charge < -0.3 is 5.32 Å². The van der Waals surface area contributed by atoms with E-state index in [1.807, 2.05) is 18.2 Å². The van der Waals surface area contributed by atoms with Crippen molar-refractivity contribution in [3.63, 3.8) is 0 Å². The molecule has 1 aliphatic heterocycles. The average Bonchev–Trinajstić information content (AvgIpc) is 2.90. The molecule has 5 nitrogen and oxygen atoms in total. The second kappa shape index (κ2) is 6.22. The van der Waals surface area contributed by atoms with E-state index < -0.39 is 10.0 Å². The molecule has 4 aliphatic carbocycles. The van der Waals surface area contributed by atoms with Gasteiger partial charge in [-0.15, -0.1) is 0 Å². The molecule has 0 radical (unpaired) electrons. The number of carbonyl (C=O) groups excluding carboxylic acids is 1. The molecule has 4 fully saturated rings. The standard InChI is InChI=1S/C24H28N2O3S/c1-15(24-11-16-8-17(12-24)10-18(9-16)13-24)25-22(27)14-26-20-6-2-4-19-5-3-7-21(23(19)20)30(26,28)29/h2-7,15-18H,8-14H2,1H3,(H,25,27)/t15-,16?,17?,18?,24?/m0/s1. The van der Waals surface area contributed by atoms with Crippen LogP contribution in [0, 0.1) is 23.2 Å². The predicted molar refractivity (Wildman–Crippen MR) is 117 cm³/mol. The predicted octanol–water partition coefficient (Wildman–Crippen LogP) is 4.07. The van der Waals surface area contributed by atoms with Gasteiger partial charge in [-0.3, -0.25) is 9.10 Å². The molecule has 5 aliphatic rings. The van der Waals surface area contributed by atoms with Gasteiger partial charge in [0.15, 0.2) is 0 Å². The lowest BCUT2D eigenvalue weighted by Gasteiger charge is -2.59. The van der Waals surface area contributed by atoms with Crippen molar-refractivity contribution in [3.05, 3.63) is 36.4 Å². The molecule has 2 aromatic carbocycles. The Labute approximate surface area is 177 Å². The third kappa shape index (κ3) is 2.58. The van der Waals surface area contributed by atoms with Gasteiger partial charge in [0.25, 0.3) is 10.0 Å². The van der Waals surface area contributed by atoms with Crippen molar-refractivity contribution in [1.29, 1.82) is 0 Å². The molecular formula is C24H28N2O3S. The summed E-state index contributed by atoms with van der Waals surface area (Å²) >= 11 is 0. The van der Waals surface area contributed by atoms with Crippen LogP contribution in [0.25, 0.3) is 10.8 Å². The maximum Gasteiger partial charge on any atom is 0.265 e. The van der Waals surface area contributed by atoms with E-state index in [-0.39, 0.29) is 23.9 Å². The van der Waals surface area contributed by atoms with Crippen LogP contribution in [0.4, 0.5) is 5.69 Å². The lowest BCUT2D eigenvalue weighted by atomic mass is 9.48. The molecule has 1 amide bonds. The Balaban J connectivity index is 1.24. The number of nitrogens with one attached hydrogen (secondary N) is 1. The van der Waals surface area contributed by atoms with Crippen LogP contribution < -0.4 is 9.62 Å². The number of anilines is 1. The number of amides is 1. The molecule has 158 valence electrons. The summed E-state index contributed by atoms with van der Waals surface area (Å²) in [4.78, 5) is 13.3. The minimum absolute atomic E-state index is 0.0851. The first-order valence-corrected chi connectivity index (χ1v) is 12.6. The van der Waals surface area contributed by atoms with Gasteiger partial charge in [0, 0.05) is 11.4 Å². The molecule has 0 spiro atoms. The van der Waals surface area contributed by atoms with Gasteiger partial charge in [0.05, 0.1) is 10.6 Å². The second-order valence-corrected chi connectivity index (χ2v) is 12.0. The molecule has 30 heavy (non-hydrogen) atoms. The van der Waals surface area contributed by atoms with Gasteiger partial charge in [-0.2, -0.15) is 0 Å². The van der Waals surface area contributed by atoms with E-state index in [9.17, 15) is 13.2 Å². The van der Waals surface area contributed by atoms with E-state index in [0.29, 0.717) is 10.6 Å². The van der Waals surface area contributed by atoms with Crippen LogP contribution in [-0.4, -0.2) is 26.9 Å². The van der Waals surface area contributed by atoms with Crippen molar-refractivity contribution in [2.24, 2.45) is 23.2 Å². The Kier molecular flexibility index (Phi) is 3.87. The van der Waals surface area contributed by atoms with Gasteiger partial charge >= 0.3 is 0 Å². The third-order valence-corrected chi connectivity index (χ3v) is 10.2. The Morgan fingerprint density at radius 2 is 1.67 bits per heavy atom. The summed E-state index contributed by atoms with van der Waals surface area (Å²) in [7, 11) is -3.70. The molecule has 0 unspecified atom stereocenters. The monoisotopic (exact) mass is 424 g/mol. The highest BCUT2D eigenvalue weighted by Crippen LogP contribution is 2.61. The molecule has 1 atom stereocenters. The van der Waals surface area contributed by atoms with Crippen molar-refractivity contribution >= 4 is 32.4 Å². The topological polar surface area (TPSA) is 66.5 Å². The molecule has 1 heterocycles. The fraction of sp³-hybridized carbons (Fsp3) is 0.542. The largest absolute Gasteiger partial charge is 0.352 e. The summed E-state index contributed by atoms with van der Waals surface area (Å²) in [6, 6.07) is 11.0. The Hall–Kier alpha value is -2.08. The molecule has 6 heteroatoms. The smallest absolute Gasteiger partial charge is 0.265 e. The number of rotatable bonds is 4. The van der Waals surface area contributed by atoms with Gasteiger partial charge in [-0.05, 0) is 86.1 Å². The summed E-state index contributed by atoms with van der Waals surface area (Å²) < 4.78 is 27.6. The quantitative estimate of drug-likeness (QED) is 0.805. The van der Waals surface area contributed by atoms with E-state index in [1.54, 1.807) is 18.2 Å². The first kappa shape index (κ1) is 18.7. The van der Waals surface area contributed by atoms with Crippen molar-refractivity contribution in [2.45, 2.75) is 56.4 Å². The summed E-state index contributed by atoms with van der Waals surface area (Å²) in [6.07, 6.45) is 7.75. The summed E-state index contributed by atoms with van der Waals surface area (Å²) in [5, 5.41) is 4.83. The number of sulfonamides is 1. The van der Waals surface area contributed by atoms with Crippen molar-refractivity contribution in [1.82, 2.24) is 5.32 Å². The van der Waals surface area contributed by atoms with Crippen LogP contribution in [0.1, 0.15) is 45.4 Å². The lowest BCUT2D eigenvalue weighted by molar-refractivity contribution is -0.124. The van der Waals surface area contributed by atoms with E-state index in [0.717, 1.165) is 28.5 Å². The molecule has 4 bridgehead atoms. The molecule has 7 rings (SSSR count). The van der Waals surface area contributed by atoms with Crippen LogP contribution in [0.15, 0.2) is 41.3 Å². The molecule has 1 N–H and O–H groups in total. The zero-order valence-electron chi connectivity index (χ0n) is 17.3. The molecular weight excluding hydrogens is 396 g/mol. The normalized spacial score (nSPS) is 33.8. The van der Waals surface area contributed by atoms with E-state index in [1.165, 1.54) is 42.8 Å². The minimum Gasteiger partial charge on any atom is -0.352 e. The highest BCUT2D eigenvalue weighted by molar-refractivity contribution is 7.93. The molecule has 2 aromatic rings. The minimum atomic E-state index is -3.70. The number of carbonyl (C=O) groups is 1. The van der Waals surface area contributed by atoms with Crippen LogP contribution in [-0.2, 0) is 14.8 Å². The number of hydrogen-bond acceptors (Lipinski definition) is 3. The fourth-order valence-electron chi connectivity index (χ4n) is 7.41. The van der Waals surface area contributed by atoms with Crippen molar-refractivity contribution in [2.75, 3.05) is 10.8 Å². The zero-order chi connectivity index (χ0) is 20.7. The lowest BCUT2D eigenvalue weighted by Crippen LogP contribution is -2.56. The van der Waals surface area contributed by atoms with E-state index >= 15 is 0 Å². The second-order valence-electron chi connectivity index (χ2n) is 10.2. The van der Waals surface area contributed by atoms with Crippen LogP contribution >= 0.6 is 0 Å². The average molecular weight is 425 g/mol. The zero-order valence-corrected chi connectivity index (χ0v) is 18.1. The Bertz CT molecular complexity index is 1120. The summed E-state index contributed by atoms with van der Waals surface area (Å²) in [5.74, 6) is 2.26. The number of nitrogens with zero attached hydrogens (tertiary/aromatic N) is 1.